The molecule has 0 radical (unpaired) electrons. The van der Waals surface area contributed by atoms with Crippen molar-refractivity contribution in [3.8, 4) is 0 Å². The van der Waals surface area contributed by atoms with Gasteiger partial charge in [-0.05, 0) is 37.1 Å². The highest BCUT2D eigenvalue weighted by molar-refractivity contribution is 6.04. The smallest absolute Gasteiger partial charge is 0.481 e. The van der Waals surface area contributed by atoms with E-state index < -0.39 is 55.7 Å². The summed E-state index contributed by atoms with van der Waals surface area (Å²) in [5, 5.41) is 25.0. The Bertz CT molecular complexity index is 1620. The molecule has 0 saturated carbocycles. The van der Waals surface area contributed by atoms with Crippen molar-refractivity contribution in [3.63, 3.8) is 0 Å². The minimum atomic E-state index is -5.08. The number of carbonyl (C=O) groups is 6. The predicted molar refractivity (Wildman–Crippen MR) is 146 cm³/mol. The van der Waals surface area contributed by atoms with E-state index in [0.29, 0.717) is 22.2 Å². The van der Waals surface area contributed by atoms with E-state index >= 15 is 0 Å². The van der Waals surface area contributed by atoms with Gasteiger partial charge in [-0.25, -0.2) is 24.0 Å². The lowest BCUT2D eigenvalue weighted by Gasteiger charge is -2.24. The van der Waals surface area contributed by atoms with Crippen LogP contribution >= 0.6 is 0 Å². The second-order valence-electron chi connectivity index (χ2n) is 8.78. The van der Waals surface area contributed by atoms with Gasteiger partial charge in [-0.15, -0.1) is 0 Å². The maximum absolute atomic E-state index is 13.4. The minimum absolute atomic E-state index is 0.0343. The summed E-state index contributed by atoms with van der Waals surface area (Å²) in [6.07, 6.45) is -4.28. The molecule has 3 rings (SSSR count). The number of fused-ring (bicyclic) bond motifs is 1. The van der Waals surface area contributed by atoms with E-state index in [9.17, 15) is 37.1 Å². The summed E-state index contributed by atoms with van der Waals surface area (Å²) in [5.74, 6) is -5.55. The number of hydrogen-bond donors (Lipinski definition) is 4. The number of esters is 1. The molecule has 0 aliphatic heterocycles. The van der Waals surface area contributed by atoms with E-state index in [0.717, 1.165) is 4.90 Å². The van der Waals surface area contributed by atoms with Crippen molar-refractivity contribution in [2.75, 3.05) is 25.8 Å². The van der Waals surface area contributed by atoms with Crippen LogP contribution in [0.25, 0.3) is 5.52 Å². The van der Waals surface area contributed by atoms with Crippen LogP contribution in [0.5, 0.6) is 0 Å². The van der Waals surface area contributed by atoms with Gasteiger partial charge in [0.1, 0.15) is 11.8 Å². The van der Waals surface area contributed by atoms with Gasteiger partial charge < -0.3 is 30.3 Å². The molecule has 0 aliphatic rings. The van der Waals surface area contributed by atoms with E-state index in [-0.39, 0.29) is 23.0 Å². The number of nitrogens with zero attached hydrogens (tertiary/aromatic N) is 4. The number of carboxylic acid groups (broad SMARTS) is 2. The molecule has 0 atom stereocenters. The molecule has 2 heterocycles. The van der Waals surface area contributed by atoms with Crippen LogP contribution in [-0.4, -0.2) is 87.7 Å². The number of halogens is 3. The summed E-state index contributed by atoms with van der Waals surface area (Å²) >= 11 is 0. The number of hydrogen-bond acceptors (Lipinski definition) is 10. The second-order valence-corrected chi connectivity index (χ2v) is 8.78. The number of ether oxygens (including phenoxy) is 2. The fourth-order valence-electron chi connectivity index (χ4n) is 3.59. The fourth-order valence-corrected chi connectivity index (χ4v) is 3.59. The molecule has 0 saturated heterocycles. The van der Waals surface area contributed by atoms with Crippen LogP contribution in [0.2, 0.25) is 0 Å². The normalized spacial score (nSPS) is 10.6. The van der Waals surface area contributed by atoms with Gasteiger partial charge in [0, 0.05) is 25.9 Å². The third kappa shape index (κ3) is 9.12. The number of aliphatic carboxylic acids is 2. The first-order chi connectivity index (χ1) is 21.0. The van der Waals surface area contributed by atoms with E-state index in [1.807, 2.05) is 0 Å². The molecule has 1 aromatic carbocycles. The molecule has 2 aromatic heterocycles. The maximum atomic E-state index is 13.4. The summed E-state index contributed by atoms with van der Waals surface area (Å²) in [4.78, 5) is 74.8. The van der Waals surface area contributed by atoms with Gasteiger partial charge in [0.25, 0.3) is 11.8 Å². The Balaban J connectivity index is 0.000000900. The van der Waals surface area contributed by atoms with Gasteiger partial charge in [0.15, 0.2) is 5.82 Å². The predicted octanol–water partition coefficient (Wildman–Crippen LogP) is 2.34. The fraction of sp³-hybridized carbons (Fsp3) is 0.308. The molecule has 3 aromatic rings. The zero-order valence-electron chi connectivity index (χ0n) is 24.1. The van der Waals surface area contributed by atoms with Gasteiger partial charge >= 0.3 is 30.2 Å². The van der Waals surface area contributed by atoms with Gasteiger partial charge in [0.05, 0.1) is 24.1 Å². The van der Waals surface area contributed by atoms with Crippen molar-refractivity contribution < 1.29 is 61.6 Å². The standard InChI is InChI=1S/C24H26N6O8.C2HF3O2/c1-13-5-6-15(22(34)25-3)9-17(13)30(24(36)38-12-37-19(33)8-7-18(31)32)21-20-14(2)16(23(35)26-4)10-29(20)28-11-27-21;3-2(4,5)1(6)7/h5-6,9-11H,7-8,12H2,1-4H3,(H,25,34)(H,26,35)(H,31,32);(H,6,7). The maximum Gasteiger partial charge on any atom is 0.490 e. The van der Waals surface area contributed by atoms with Crippen LogP contribution in [0.1, 0.15) is 44.7 Å². The zero-order valence-corrected chi connectivity index (χ0v) is 24.1. The molecule has 0 unspecified atom stereocenters. The first kappa shape index (κ1) is 35.4. The molecule has 4 N–H and O–H groups in total. The number of alkyl halides is 3. The molecule has 0 spiro atoms. The Kier molecular flexibility index (Phi) is 11.9. The highest BCUT2D eigenvalue weighted by Gasteiger charge is 2.38. The van der Waals surface area contributed by atoms with Crippen LogP contribution < -0.4 is 15.5 Å². The van der Waals surface area contributed by atoms with Crippen molar-refractivity contribution in [2.24, 2.45) is 0 Å². The van der Waals surface area contributed by atoms with Gasteiger partial charge in [-0.3, -0.25) is 19.2 Å². The van der Waals surface area contributed by atoms with Gasteiger partial charge in [-0.1, -0.05) is 6.07 Å². The number of aryl methyl sites for hydroxylation is 2. The first-order valence-electron chi connectivity index (χ1n) is 12.6. The Morgan fingerprint density at radius 1 is 0.978 bits per heavy atom. The third-order valence-corrected chi connectivity index (χ3v) is 5.80. The van der Waals surface area contributed by atoms with Gasteiger partial charge in [0.2, 0.25) is 6.79 Å². The molecule has 0 fully saturated rings. The van der Waals surface area contributed by atoms with Crippen molar-refractivity contribution in [2.45, 2.75) is 32.9 Å². The van der Waals surface area contributed by atoms with Crippen molar-refractivity contribution in [1.82, 2.24) is 25.2 Å². The molecule has 242 valence electrons. The lowest BCUT2D eigenvalue weighted by molar-refractivity contribution is -0.192. The van der Waals surface area contributed by atoms with Crippen molar-refractivity contribution >= 4 is 52.8 Å². The Morgan fingerprint density at radius 2 is 1.60 bits per heavy atom. The van der Waals surface area contributed by atoms with Crippen LogP contribution in [0, 0.1) is 13.8 Å². The lowest BCUT2D eigenvalue weighted by atomic mass is 10.1. The number of nitrogens with one attached hydrogen (secondary N) is 2. The minimum Gasteiger partial charge on any atom is -0.481 e. The monoisotopic (exact) mass is 640 g/mol. The van der Waals surface area contributed by atoms with Crippen LogP contribution in [0.15, 0.2) is 30.7 Å². The second kappa shape index (κ2) is 15.1. The Morgan fingerprint density at radius 3 is 2.16 bits per heavy atom. The number of carboxylic acids is 2. The third-order valence-electron chi connectivity index (χ3n) is 5.80. The lowest BCUT2D eigenvalue weighted by Crippen LogP contribution is -2.30. The van der Waals surface area contributed by atoms with E-state index in [2.05, 4.69) is 20.7 Å². The number of aromatic nitrogens is 3. The zero-order chi connectivity index (χ0) is 34.1. The van der Waals surface area contributed by atoms with Crippen molar-refractivity contribution in [1.29, 1.82) is 0 Å². The summed E-state index contributed by atoms with van der Waals surface area (Å²) < 4.78 is 43.1. The average molecular weight is 641 g/mol. The summed E-state index contributed by atoms with van der Waals surface area (Å²) in [7, 11) is 2.94. The molecule has 45 heavy (non-hydrogen) atoms. The molecular formula is C26H27F3N6O10. The average Bonchev–Trinajstić information content (AvgIpc) is 3.33. The van der Waals surface area contributed by atoms with Crippen molar-refractivity contribution in [3.05, 3.63) is 53.0 Å². The molecular weight excluding hydrogens is 613 g/mol. The SMILES string of the molecule is CNC(=O)c1ccc(C)c(N(C(=O)OCOC(=O)CCC(=O)O)c2ncnn3cc(C(=O)NC)c(C)c23)c1.O=C(O)C(F)(F)F. The number of carbonyl (C=O) groups excluding carboxylic acids is 4. The van der Waals surface area contributed by atoms with E-state index in [4.69, 9.17) is 24.5 Å². The highest BCUT2D eigenvalue weighted by Crippen LogP contribution is 2.34. The van der Waals surface area contributed by atoms with Crippen LogP contribution in [0.3, 0.4) is 0 Å². The van der Waals surface area contributed by atoms with Crippen LogP contribution in [-0.2, 0) is 23.9 Å². The van der Waals surface area contributed by atoms with Crippen LogP contribution in [0.4, 0.5) is 29.5 Å². The Labute approximate surface area is 251 Å². The molecule has 3 amide bonds. The highest BCUT2D eigenvalue weighted by atomic mass is 19.4. The van der Waals surface area contributed by atoms with Gasteiger partial charge in [-0.2, -0.15) is 18.3 Å². The number of anilines is 2. The van der Waals surface area contributed by atoms with E-state index in [1.165, 1.54) is 37.2 Å². The molecule has 0 bridgehead atoms. The first-order valence-corrected chi connectivity index (χ1v) is 12.6. The van der Waals surface area contributed by atoms with E-state index in [1.54, 1.807) is 26.0 Å². The summed E-state index contributed by atoms with van der Waals surface area (Å²) in [5.41, 5.74) is 2.13. The molecule has 19 heteroatoms. The largest absolute Gasteiger partial charge is 0.490 e. The molecule has 0 aliphatic carbocycles. The Hall–Kier alpha value is -5.75. The quantitative estimate of drug-likeness (QED) is 0.196. The number of amides is 3. The summed E-state index contributed by atoms with van der Waals surface area (Å²) in [6, 6.07) is 4.67. The molecule has 16 nitrogen and oxygen atoms in total. The number of rotatable bonds is 9. The summed E-state index contributed by atoms with van der Waals surface area (Å²) in [6.45, 7) is 2.57. The number of benzene rings is 1. The topological polar surface area (TPSA) is 219 Å².